The average Bonchev–Trinajstić information content (AvgIpc) is 2.68. The molecule has 0 spiro atoms. The summed E-state index contributed by atoms with van der Waals surface area (Å²) in [4.78, 5) is 27.7. The lowest BCUT2D eigenvalue weighted by Crippen LogP contribution is -2.13. The van der Waals surface area contributed by atoms with Gasteiger partial charge in [0.15, 0.2) is 5.43 Å². The van der Waals surface area contributed by atoms with Crippen molar-refractivity contribution in [1.29, 1.82) is 0 Å². The molecule has 0 fully saturated rings. The molecule has 152 valence electrons. The lowest BCUT2D eigenvalue weighted by Gasteiger charge is -2.18. The minimum Gasteiger partial charge on any atom is -0.609 e. The van der Waals surface area contributed by atoms with Crippen molar-refractivity contribution in [3.05, 3.63) is 62.5 Å². The smallest absolute Gasteiger partial charge is 0.338 e. The van der Waals surface area contributed by atoms with E-state index in [1.807, 2.05) is 19.9 Å². The second-order valence-corrected chi connectivity index (χ2v) is 8.56. The fraction of sp³-hybridized carbons (Fsp3) is 0.250. The molecule has 0 radical (unpaired) electrons. The number of pyridine rings is 1. The van der Waals surface area contributed by atoms with Gasteiger partial charge in [-0.2, -0.15) is 0 Å². The standard InChI is InChI=1S/C20H19ClN2O5S/c1-4-29(27)17-8-16(24)14-6-10(2)5-13(18(14)28-17)11(3)23-12-7-15(20(25)26)19(21)22-9-12/h5-9,11,23H,4H2,1-3H3,(H,25,26). The van der Waals surface area contributed by atoms with E-state index in [1.54, 1.807) is 13.0 Å². The molecule has 0 aliphatic heterocycles. The number of carboxylic acid groups (broad SMARTS) is 1. The van der Waals surface area contributed by atoms with Gasteiger partial charge in [-0.05, 0) is 38.5 Å². The number of fused-ring (bicyclic) bond motifs is 1. The fourth-order valence-corrected chi connectivity index (χ4v) is 3.88. The molecule has 0 amide bonds. The second-order valence-electron chi connectivity index (χ2n) is 6.53. The van der Waals surface area contributed by atoms with E-state index in [9.17, 15) is 19.2 Å². The Kier molecular flexibility index (Phi) is 6.16. The molecule has 0 saturated heterocycles. The fourth-order valence-electron chi connectivity index (χ4n) is 2.99. The summed E-state index contributed by atoms with van der Waals surface area (Å²) in [5.74, 6) is -0.852. The van der Waals surface area contributed by atoms with Gasteiger partial charge in [-0.15, -0.1) is 0 Å². The van der Waals surface area contributed by atoms with Crippen molar-refractivity contribution in [2.45, 2.75) is 31.9 Å². The molecule has 0 saturated carbocycles. The van der Waals surface area contributed by atoms with Gasteiger partial charge >= 0.3 is 11.1 Å². The summed E-state index contributed by atoms with van der Waals surface area (Å²) in [6.45, 7) is 5.44. The van der Waals surface area contributed by atoms with Crippen LogP contribution in [0.4, 0.5) is 5.69 Å². The lowest BCUT2D eigenvalue weighted by molar-refractivity contribution is 0.0696. The van der Waals surface area contributed by atoms with E-state index in [4.69, 9.17) is 16.0 Å². The SMILES string of the molecule is CC[S+]([O-])c1cc(=O)c2cc(C)cc(C(C)Nc3cnc(Cl)c(C(=O)O)c3)c2o1. The van der Waals surface area contributed by atoms with Gasteiger partial charge in [0.2, 0.25) is 0 Å². The van der Waals surface area contributed by atoms with Crippen LogP contribution in [0.15, 0.2) is 44.8 Å². The van der Waals surface area contributed by atoms with E-state index in [-0.39, 0.29) is 27.3 Å². The van der Waals surface area contributed by atoms with Crippen LogP contribution in [0.3, 0.4) is 0 Å². The van der Waals surface area contributed by atoms with Crippen molar-refractivity contribution < 1.29 is 18.9 Å². The minimum atomic E-state index is -1.41. The Labute approximate surface area is 174 Å². The highest BCUT2D eigenvalue weighted by atomic mass is 35.5. The average molecular weight is 435 g/mol. The molecule has 3 rings (SSSR count). The quantitative estimate of drug-likeness (QED) is 0.442. The molecule has 3 aromatic rings. The zero-order valence-electron chi connectivity index (χ0n) is 16.0. The molecule has 2 heterocycles. The lowest BCUT2D eigenvalue weighted by atomic mass is 10.0. The summed E-state index contributed by atoms with van der Waals surface area (Å²) in [5.41, 5.74) is 1.95. The number of aromatic carboxylic acids is 1. The third kappa shape index (κ3) is 4.39. The molecule has 0 bridgehead atoms. The Bertz CT molecular complexity index is 1150. The van der Waals surface area contributed by atoms with Crippen molar-refractivity contribution in [3.8, 4) is 0 Å². The highest BCUT2D eigenvalue weighted by Gasteiger charge is 2.20. The summed E-state index contributed by atoms with van der Waals surface area (Å²) in [5, 5.41) is 12.8. The Morgan fingerprint density at radius 2 is 2.10 bits per heavy atom. The van der Waals surface area contributed by atoms with Crippen LogP contribution >= 0.6 is 11.6 Å². The molecular formula is C20H19ClN2O5S. The summed E-state index contributed by atoms with van der Waals surface area (Å²) in [6, 6.07) is 5.88. The van der Waals surface area contributed by atoms with Crippen molar-refractivity contribution in [1.82, 2.24) is 4.98 Å². The highest BCUT2D eigenvalue weighted by Crippen LogP contribution is 2.29. The minimum absolute atomic E-state index is 0.102. The van der Waals surface area contributed by atoms with Gasteiger partial charge in [0.25, 0.3) is 0 Å². The number of carboxylic acids is 1. The summed E-state index contributed by atoms with van der Waals surface area (Å²) in [6.07, 6.45) is 1.43. The zero-order chi connectivity index (χ0) is 21.3. The maximum absolute atomic E-state index is 12.6. The molecule has 0 aliphatic carbocycles. The van der Waals surface area contributed by atoms with Crippen molar-refractivity contribution in [2.75, 3.05) is 11.1 Å². The Balaban J connectivity index is 2.08. The topological polar surface area (TPSA) is 115 Å². The van der Waals surface area contributed by atoms with Crippen LogP contribution in [0.5, 0.6) is 0 Å². The first-order chi connectivity index (χ1) is 13.7. The summed E-state index contributed by atoms with van der Waals surface area (Å²) in [7, 11) is 0. The largest absolute Gasteiger partial charge is 0.609 e. The molecule has 7 nitrogen and oxygen atoms in total. The van der Waals surface area contributed by atoms with Gasteiger partial charge < -0.3 is 19.4 Å². The first-order valence-corrected chi connectivity index (χ1v) is 10.5. The predicted octanol–water partition coefficient (Wildman–Crippen LogP) is 4.15. The number of rotatable bonds is 6. The van der Waals surface area contributed by atoms with Crippen LogP contribution < -0.4 is 10.7 Å². The van der Waals surface area contributed by atoms with Gasteiger partial charge in [0.1, 0.15) is 16.5 Å². The Morgan fingerprint density at radius 3 is 2.76 bits per heavy atom. The zero-order valence-corrected chi connectivity index (χ0v) is 17.6. The maximum Gasteiger partial charge on any atom is 0.338 e. The number of aryl methyl sites for hydroxylation is 1. The van der Waals surface area contributed by atoms with Gasteiger partial charge in [0.05, 0.1) is 34.9 Å². The maximum atomic E-state index is 12.6. The van der Waals surface area contributed by atoms with Crippen LogP contribution in [-0.2, 0) is 11.2 Å². The Morgan fingerprint density at radius 1 is 1.38 bits per heavy atom. The van der Waals surface area contributed by atoms with Crippen LogP contribution in [0.25, 0.3) is 11.0 Å². The first-order valence-electron chi connectivity index (χ1n) is 8.83. The number of benzene rings is 1. The molecule has 1 aromatic carbocycles. The van der Waals surface area contributed by atoms with Gasteiger partial charge in [0, 0.05) is 16.7 Å². The molecule has 2 atom stereocenters. The molecular weight excluding hydrogens is 416 g/mol. The number of anilines is 1. The van der Waals surface area contributed by atoms with Crippen molar-refractivity contribution in [3.63, 3.8) is 0 Å². The number of hydrogen-bond acceptors (Lipinski definition) is 6. The molecule has 29 heavy (non-hydrogen) atoms. The summed E-state index contributed by atoms with van der Waals surface area (Å²) < 4.78 is 18.0. The number of halogens is 1. The third-order valence-corrected chi connectivity index (χ3v) is 5.86. The van der Waals surface area contributed by atoms with Crippen LogP contribution in [-0.4, -0.2) is 26.4 Å². The normalized spacial score (nSPS) is 13.3. The van der Waals surface area contributed by atoms with Crippen LogP contribution in [0, 0.1) is 6.92 Å². The number of hydrogen-bond donors (Lipinski definition) is 2. The van der Waals surface area contributed by atoms with Gasteiger partial charge in [-0.1, -0.05) is 17.7 Å². The molecule has 2 unspecified atom stereocenters. The number of carbonyl (C=O) groups is 1. The number of aromatic nitrogens is 1. The van der Waals surface area contributed by atoms with Gasteiger partial charge in [-0.3, -0.25) is 4.79 Å². The molecule has 2 aromatic heterocycles. The Hall–Kier alpha value is -2.55. The van der Waals surface area contributed by atoms with E-state index in [1.165, 1.54) is 18.3 Å². The van der Waals surface area contributed by atoms with Crippen molar-refractivity contribution in [2.24, 2.45) is 0 Å². The second kappa shape index (κ2) is 8.44. The van der Waals surface area contributed by atoms with E-state index >= 15 is 0 Å². The van der Waals surface area contributed by atoms with Gasteiger partial charge in [-0.25, -0.2) is 9.78 Å². The highest BCUT2D eigenvalue weighted by molar-refractivity contribution is 7.91. The van der Waals surface area contributed by atoms with Crippen molar-refractivity contribution >= 4 is 45.4 Å². The van der Waals surface area contributed by atoms with E-state index in [2.05, 4.69) is 10.3 Å². The first kappa shape index (κ1) is 21.2. The molecule has 9 heteroatoms. The number of nitrogens with zero attached hydrogens (tertiary/aromatic N) is 1. The number of nitrogens with one attached hydrogen (secondary N) is 1. The molecule has 0 aliphatic rings. The van der Waals surface area contributed by atoms with E-state index in [0.717, 1.165) is 5.56 Å². The van der Waals surface area contributed by atoms with E-state index in [0.29, 0.717) is 28.0 Å². The monoisotopic (exact) mass is 434 g/mol. The summed E-state index contributed by atoms with van der Waals surface area (Å²) >= 11 is 4.41. The predicted molar refractivity (Wildman–Crippen MR) is 112 cm³/mol. The van der Waals surface area contributed by atoms with Crippen LogP contribution in [0.1, 0.15) is 41.4 Å². The third-order valence-electron chi connectivity index (χ3n) is 4.38. The van der Waals surface area contributed by atoms with Crippen LogP contribution in [0.2, 0.25) is 5.15 Å². The van der Waals surface area contributed by atoms with E-state index < -0.39 is 17.1 Å². The molecule has 2 N–H and O–H groups in total.